The van der Waals surface area contributed by atoms with Crippen LogP contribution < -0.4 is 0 Å². The second-order valence-corrected chi connectivity index (χ2v) is 5.26. The Hall–Kier alpha value is -0.940. The van der Waals surface area contributed by atoms with Gasteiger partial charge in [0.1, 0.15) is 12.2 Å². The predicted octanol–water partition coefficient (Wildman–Crippen LogP) is 0.310. The highest BCUT2D eigenvalue weighted by atomic mass is 16.5. The van der Waals surface area contributed by atoms with Gasteiger partial charge in [0.25, 0.3) is 11.8 Å². The Labute approximate surface area is 101 Å². The molecule has 17 heavy (non-hydrogen) atoms. The Kier molecular flexibility index (Phi) is 3.49. The van der Waals surface area contributed by atoms with Crippen molar-refractivity contribution in [3.8, 4) is 0 Å². The summed E-state index contributed by atoms with van der Waals surface area (Å²) in [6, 6.07) is 0. The van der Waals surface area contributed by atoms with Crippen LogP contribution in [-0.2, 0) is 14.3 Å². The zero-order valence-electron chi connectivity index (χ0n) is 10.3. The number of aliphatic hydroxyl groups excluding tert-OH is 1. The van der Waals surface area contributed by atoms with Crippen LogP contribution in [0.25, 0.3) is 0 Å². The quantitative estimate of drug-likeness (QED) is 0.719. The first-order valence-electron chi connectivity index (χ1n) is 6.17. The molecular formula is C12H19NO4. The van der Waals surface area contributed by atoms with Gasteiger partial charge in [0.2, 0.25) is 0 Å². The van der Waals surface area contributed by atoms with E-state index in [0.29, 0.717) is 25.2 Å². The molecule has 0 aliphatic carbocycles. The molecule has 3 unspecified atom stereocenters. The van der Waals surface area contributed by atoms with E-state index in [4.69, 9.17) is 4.74 Å². The lowest BCUT2D eigenvalue weighted by molar-refractivity contribution is -0.170. The van der Waals surface area contributed by atoms with Crippen molar-refractivity contribution in [1.82, 2.24) is 4.90 Å². The molecule has 5 nitrogen and oxygen atoms in total. The average Bonchev–Trinajstić information content (AvgIpc) is 2.67. The first-order valence-corrected chi connectivity index (χ1v) is 6.17. The smallest absolute Gasteiger partial charge is 0.258 e. The highest BCUT2D eigenvalue weighted by Gasteiger charge is 2.46. The molecule has 3 atom stereocenters. The summed E-state index contributed by atoms with van der Waals surface area (Å²) in [6.07, 6.45) is 0.249. The minimum atomic E-state index is -0.639. The van der Waals surface area contributed by atoms with Crippen LogP contribution in [0.15, 0.2) is 0 Å². The van der Waals surface area contributed by atoms with E-state index in [1.54, 1.807) is 0 Å². The number of imide groups is 1. The number of likely N-dealkylation sites (tertiary alicyclic amines) is 1. The molecule has 2 saturated heterocycles. The summed E-state index contributed by atoms with van der Waals surface area (Å²) in [5.41, 5.74) is 0. The number of amides is 2. The van der Waals surface area contributed by atoms with E-state index in [1.807, 2.05) is 13.8 Å². The number of fused-ring (bicyclic) bond motifs is 2. The number of β-amino-alcohol motifs (C(OH)–C–C–N with tert-alkyl or cyclic N) is 1. The number of ether oxygens (including phenoxy) is 1. The molecule has 0 saturated carbocycles. The second kappa shape index (κ2) is 4.74. The molecule has 0 aromatic rings. The van der Waals surface area contributed by atoms with E-state index in [2.05, 4.69) is 0 Å². The highest BCUT2D eigenvalue weighted by Crippen LogP contribution is 2.28. The van der Waals surface area contributed by atoms with Gasteiger partial charge in [0.05, 0.1) is 12.6 Å². The lowest BCUT2D eigenvalue weighted by Gasteiger charge is -2.31. The Morgan fingerprint density at radius 2 is 1.82 bits per heavy atom. The Morgan fingerprint density at radius 3 is 2.29 bits per heavy atom. The van der Waals surface area contributed by atoms with E-state index in [1.165, 1.54) is 4.90 Å². The molecule has 1 N–H and O–H groups in total. The van der Waals surface area contributed by atoms with Crippen molar-refractivity contribution in [1.29, 1.82) is 0 Å². The average molecular weight is 241 g/mol. The van der Waals surface area contributed by atoms with Gasteiger partial charge < -0.3 is 9.84 Å². The van der Waals surface area contributed by atoms with Crippen molar-refractivity contribution in [2.45, 2.75) is 51.4 Å². The number of aliphatic hydroxyl groups is 1. The van der Waals surface area contributed by atoms with Crippen LogP contribution in [-0.4, -0.2) is 46.7 Å². The van der Waals surface area contributed by atoms with Crippen LogP contribution in [0, 0.1) is 5.92 Å². The lowest BCUT2D eigenvalue weighted by Crippen LogP contribution is -2.54. The van der Waals surface area contributed by atoms with Crippen LogP contribution in [0.4, 0.5) is 0 Å². The summed E-state index contributed by atoms with van der Waals surface area (Å²) in [5, 5.41) is 9.81. The Morgan fingerprint density at radius 1 is 1.29 bits per heavy atom. The van der Waals surface area contributed by atoms with E-state index < -0.39 is 18.3 Å². The van der Waals surface area contributed by atoms with Crippen molar-refractivity contribution >= 4 is 11.8 Å². The maximum atomic E-state index is 11.9. The largest absolute Gasteiger partial charge is 0.391 e. The Bertz CT molecular complexity index is 306. The third-order valence-electron chi connectivity index (χ3n) is 3.24. The van der Waals surface area contributed by atoms with Gasteiger partial charge in [-0.05, 0) is 25.2 Å². The fourth-order valence-corrected chi connectivity index (χ4v) is 2.47. The second-order valence-electron chi connectivity index (χ2n) is 5.26. The van der Waals surface area contributed by atoms with Crippen LogP contribution >= 0.6 is 0 Å². The minimum absolute atomic E-state index is 0.103. The maximum Gasteiger partial charge on any atom is 0.258 e. The van der Waals surface area contributed by atoms with Gasteiger partial charge in [-0.25, -0.2) is 0 Å². The maximum absolute atomic E-state index is 11.9. The lowest BCUT2D eigenvalue weighted by atomic mass is 10.1. The standard InChI is InChI=1S/C12H19NO4/c1-7(2)5-8(14)6-13-11(15)9-3-4-10(17-9)12(13)16/h7-10,14H,3-6H2,1-2H3. The third kappa shape index (κ3) is 2.50. The van der Waals surface area contributed by atoms with Crippen molar-refractivity contribution in [2.75, 3.05) is 6.54 Å². The number of carbonyl (C=O) groups excluding carboxylic acids is 2. The van der Waals surface area contributed by atoms with Gasteiger partial charge >= 0.3 is 0 Å². The first kappa shape index (κ1) is 12.5. The summed E-state index contributed by atoms with van der Waals surface area (Å²) < 4.78 is 5.29. The third-order valence-corrected chi connectivity index (χ3v) is 3.24. The van der Waals surface area contributed by atoms with E-state index in [0.717, 1.165) is 0 Å². The number of morpholine rings is 1. The summed E-state index contributed by atoms with van der Waals surface area (Å²) in [4.78, 5) is 24.9. The van der Waals surface area contributed by atoms with Gasteiger partial charge in [0, 0.05) is 0 Å². The topological polar surface area (TPSA) is 66.8 Å². The summed E-state index contributed by atoms with van der Waals surface area (Å²) >= 11 is 0. The number of nitrogens with zero attached hydrogens (tertiary/aromatic N) is 1. The van der Waals surface area contributed by atoms with Crippen molar-refractivity contribution < 1.29 is 19.4 Å². The summed E-state index contributed by atoms with van der Waals surface area (Å²) in [5.74, 6) is -0.230. The van der Waals surface area contributed by atoms with E-state index in [-0.39, 0.29) is 18.4 Å². The fourth-order valence-electron chi connectivity index (χ4n) is 2.47. The normalized spacial score (nSPS) is 30.2. The number of carbonyl (C=O) groups is 2. The molecule has 0 aromatic carbocycles. The highest BCUT2D eigenvalue weighted by molar-refractivity contribution is 6.02. The van der Waals surface area contributed by atoms with Gasteiger partial charge in [0.15, 0.2) is 0 Å². The molecule has 2 aliphatic rings. The zero-order chi connectivity index (χ0) is 12.6. The minimum Gasteiger partial charge on any atom is -0.391 e. The number of hydrogen-bond donors (Lipinski definition) is 1. The predicted molar refractivity (Wildman–Crippen MR) is 60.1 cm³/mol. The van der Waals surface area contributed by atoms with Gasteiger partial charge in [-0.2, -0.15) is 0 Å². The van der Waals surface area contributed by atoms with Crippen LogP contribution in [0.3, 0.4) is 0 Å². The van der Waals surface area contributed by atoms with E-state index in [9.17, 15) is 14.7 Å². The molecular weight excluding hydrogens is 222 g/mol. The SMILES string of the molecule is CC(C)CC(O)CN1C(=O)C2CCC(O2)C1=O. The van der Waals surface area contributed by atoms with Crippen LogP contribution in [0.2, 0.25) is 0 Å². The fraction of sp³-hybridized carbons (Fsp3) is 0.833. The monoisotopic (exact) mass is 241 g/mol. The van der Waals surface area contributed by atoms with Crippen LogP contribution in [0.1, 0.15) is 33.1 Å². The number of hydrogen-bond acceptors (Lipinski definition) is 4. The summed E-state index contributed by atoms with van der Waals surface area (Å²) in [7, 11) is 0. The molecule has 0 radical (unpaired) electrons. The first-order chi connectivity index (χ1) is 7.99. The molecule has 5 heteroatoms. The van der Waals surface area contributed by atoms with Gasteiger partial charge in [-0.15, -0.1) is 0 Å². The van der Waals surface area contributed by atoms with Crippen LogP contribution in [0.5, 0.6) is 0 Å². The summed E-state index contributed by atoms with van der Waals surface area (Å²) in [6.45, 7) is 4.10. The Balaban J connectivity index is 2.00. The molecule has 2 heterocycles. The molecule has 2 aliphatic heterocycles. The molecule has 2 rings (SSSR count). The van der Waals surface area contributed by atoms with Crippen molar-refractivity contribution in [3.63, 3.8) is 0 Å². The molecule has 2 bridgehead atoms. The van der Waals surface area contributed by atoms with E-state index >= 15 is 0 Å². The molecule has 96 valence electrons. The molecule has 2 fully saturated rings. The molecule has 0 aromatic heterocycles. The zero-order valence-corrected chi connectivity index (χ0v) is 10.3. The molecule has 0 spiro atoms. The van der Waals surface area contributed by atoms with Gasteiger partial charge in [-0.1, -0.05) is 13.8 Å². The van der Waals surface area contributed by atoms with Gasteiger partial charge in [-0.3, -0.25) is 14.5 Å². The molecule has 2 amide bonds. The number of rotatable bonds is 4. The van der Waals surface area contributed by atoms with Crippen molar-refractivity contribution in [3.05, 3.63) is 0 Å². The van der Waals surface area contributed by atoms with Crippen molar-refractivity contribution in [2.24, 2.45) is 5.92 Å².